The molecule has 2 fully saturated rings. The van der Waals surface area contributed by atoms with Gasteiger partial charge in [-0.15, -0.1) is 0 Å². The Hall–Kier alpha value is -0.610. The van der Waals surface area contributed by atoms with Gasteiger partial charge < -0.3 is 14.8 Å². The lowest BCUT2D eigenvalue weighted by Gasteiger charge is -2.20. The third kappa shape index (κ3) is 3.96. The van der Waals surface area contributed by atoms with Crippen LogP contribution in [0, 0.1) is 0 Å². The molecule has 0 spiro atoms. The first-order valence-corrected chi connectivity index (χ1v) is 6.78. The Kier molecular flexibility index (Phi) is 4.80. The van der Waals surface area contributed by atoms with E-state index >= 15 is 0 Å². The molecule has 98 valence electrons. The maximum absolute atomic E-state index is 11.7. The number of nitrogens with one attached hydrogen (secondary N) is 1. The minimum Gasteiger partial charge on any atom is -0.378 e. The van der Waals surface area contributed by atoms with Crippen LogP contribution in [0.5, 0.6) is 0 Å². The fraction of sp³-hybridized carbons (Fsp3) is 0.923. The highest BCUT2D eigenvalue weighted by molar-refractivity contribution is 5.76. The molecule has 2 rings (SSSR count). The first-order valence-electron chi connectivity index (χ1n) is 6.78. The maximum Gasteiger partial charge on any atom is 0.220 e. The third-order valence-corrected chi connectivity index (χ3v) is 3.63. The van der Waals surface area contributed by atoms with Crippen LogP contribution in [0.3, 0.4) is 0 Å². The molecular formula is C13H23NO3. The average Bonchev–Trinajstić information content (AvgIpc) is 2.99. The fourth-order valence-electron chi connectivity index (χ4n) is 2.58. The minimum atomic E-state index is 0.128. The predicted octanol–water partition coefficient (Wildman–Crippen LogP) is 1.63. The van der Waals surface area contributed by atoms with Crippen molar-refractivity contribution in [1.29, 1.82) is 0 Å². The Bertz CT molecular complexity index is 245. The van der Waals surface area contributed by atoms with E-state index in [1.807, 2.05) is 6.92 Å². The Balaban J connectivity index is 1.62. The first kappa shape index (κ1) is 12.8. The zero-order valence-corrected chi connectivity index (χ0v) is 10.6. The van der Waals surface area contributed by atoms with Gasteiger partial charge in [-0.05, 0) is 39.0 Å². The van der Waals surface area contributed by atoms with Gasteiger partial charge in [0.2, 0.25) is 5.91 Å². The molecule has 4 nitrogen and oxygen atoms in total. The lowest BCUT2D eigenvalue weighted by atomic mass is 10.1. The van der Waals surface area contributed by atoms with Gasteiger partial charge in [0.1, 0.15) is 0 Å². The van der Waals surface area contributed by atoms with Crippen molar-refractivity contribution in [2.45, 2.75) is 63.7 Å². The van der Waals surface area contributed by atoms with Crippen molar-refractivity contribution in [1.82, 2.24) is 5.32 Å². The Morgan fingerprint density at radius 1 is 1.29 bits per heavy atom. The molecule has 2 heterocycles. The molecule has 1 N–H and O–H groups in total. The van der Waals surface area contributed by atoms with Gasteiger partial charge in [0.05, 0.1) is 18.2 Å². The molecule has 0 saturated carbocycles. The quantitative estimate of drug-likeness (QED) is 0.796. The average molecular weight is 241 g/mol. The zero-order chi connectivity index (χ0) is 12.1. The summed E-state index contributed by atoms with van der Waals surface area (Å²) in [4.78, 5) is 11.7. The Morgan fingerprint density at radius 2 is 2.06 bits per heavy atom. The molecule has 2 aliphatic heterocycles. The molecule has 3 atom stereocenters. The summed E-state index contributed by atoms with van der Waals surface area (Å²) >= 11 is 0. The van der Waals surface area contributed by atoms with Crippen molar-refractivity contribution in [2.24, 2.45) is 0 Å². The van der Waals surface area contributed by atoms with Gasteiger partial charge in [0.25, 0.3) is 0 Å². The highest BCUT2D eigenvalue weighted by atomic mass is 16.5. The van der Waals surface area contributed by atoms with Crippen molar-refractivity contribution in [2.75, 3.05) is 13.2 Å². The van der Waals surface area contributed by atoms with Crippen molar-refractivity contribution >= 4 is 5.91 Å². The second-order valence-corrected chi connectivity index (χ2v) is 5.08. The van der Waals surface area contributed by atoms with Gasteiger partial charge in [-0.2, -0.15) is 0 Å². The molecule has 2 saturated heterocycles. The number of rotatable bonds is 5. The molecule has 1 amide bonds. The van der Waals surface area contributed by atoms with Crippen LogP contribution in [0.1, 0.15) is 45.4 Å². The van der Waals surface area contributed by atoms with Crippen LogP contribution in [0.2, 0.25) is 0 Å². The van der Waals surface area contributed by atoms with Gasteiger partial charge in [0.15, 0.2) is 0 Å². The third-order valence-electron chi connectivity index (χ3n) is 3.63. The van der Waals surface area contributed by atoms with E-state index < -0.39 is 0 Å². The molecule has 0 unspecified atom stereocenters. The van der Waals surface area contributed by atoms with E-state index in [9.17, 15) is 4.79 Å². The summed E-state index contributed by atoms with van der Waals surface area (Å²) in [6.07, 6.45) is 6.35. The van der Waals surface area contributed by atoms with Crippen LogP contribution in [-0.2, 0) is 14.3 Å². The SMILES string of the molecule is C[C@H](NC(=O)CC[C@@H]1CCCO1)[C@@H]1CCCO1. The van der Waals surface area contributed by atoms with E-state index in [0.717, 1.165) is 45.3 Å². The van der Waals surface area contributed by atoms with E-state index in [2.05, 4.69) is 5.32 Å². The molecule has 2 aliphatic rings. The molecule has 17 heavy (non-hydrogen) atoms. The normalized spacial score (nSPS) is 30.4. The van der Waals surface area contributed by atoms with Gasteiger partial charge in [0, 0.05) is 19.6 Å². The molecule has 0 aromatic rings. The molecular weight excluding hydrogens is 218 g/mol. The standard InChI is InChI=1S/C13H23NO3/c1-10(12-5-3-9-17-12)14-13(15)7-6-11-4-2-8-16-11/h10-12H,2-9H2,1H3,(H,14,15)/t10-,11-,12-/m0/s1. The lowest BCUT2D eigenvalue weighted by Crippen LogP contribution is -2.40. The van der Waals surface area contributed by atoms with Crippen LogP contribution in [0.4, 0.5) is 0 Å². The summed E-state index contributed by atoms with van der Waals surface area (Å²) in [5, 5.41) is 3.03. The topological polar surface area (TPSA) is 47.6 Å². The summed E-state index contributed by atoms with van der Waals surface area (Å²) in [6, 6.07) is 0.134. The second kappa shape index (κ2) is 6.36. The summed E-state index contributed by atoms with van der Waals surface area (Å²) in [6.45, 7) is 3.72. The van der Waals surface area contributed by atoms with Gasteiger partial charge in [-0.3, -0.25) is 4.79 Å². The number of carbonyl (C=O) groups excluding carboxylic acids is 1. The Morgan fingerprint density at radius 3 is 2.71 bits per heavy atom. The molecule has 0 radical (unpaired) electrons. The molecule has 0 aromatic heterocycles. The van der Waals surface area contributed by atoms with Crippen LogP contribution < -0.4 is 5.32 Å². The predicted molar refractivity (Wildman–Crippen MR) is 64.8 cm³/mol. The van der Waals surface area contributed by atoms with Crippen molar-refractivity contribution < 1.29 is 14.3 Å². The smallest absolute Gasteiger partial charge is 0.220 e. The zero-order valence-electron chi connectivity index (χ0n) is 10.6. The fourth-order valence-corrected chi connectivity index (χ4v) is 2.58. The van der Waals surface area contributed by atoms with Crippen molar-refractivity contribution in [3.8, 4) is 0 Å². The summed E-state index contributed by atoms with van der Waals surface area (Å²) in [5.74, 6) is 0.128. The molecule has 0 aromatic carbocycles. The molecule has 0 aliphatic carbocycles. The number of hydrogen-bond acceptors (Lipinski definition) is 3. The molecule has 0 bridgehead atoms. The largest absolute Gasteiger partial charge is 0.378 e. The number of ether oxygens (including phenoxy) is 2. The number of hydrogen-bond donors (Lipinski definition) is 1. The molecule has 4 heteroatoms. The van der Waals surface area contributed by atoms with Crippen molar-refractivity contribution in [3.63, 3.8) is 0 Å². The van der Waals surface area contributed by atoms with E-state index in [0.29, 0.717) is 12.5 Å². The van der Waals surface area contributed by atoms with E-state index in [1.54, 1.807) is 0 Å². The monoisotopic (exact) mass is 241 g/mol. The van der Waals surface area contributed by atoms with E-state index in [1.165, 1.54) is 0 Å². The van der Waals surface area contributed by atoms with E-state index in [-0.39, 0.29) is 18.1 Å². The highest BCUT2D eigenvalue weighted by Gasteiger charge is 2.24. The van der Waals surface area contributed by atoms with Gasteiger partial charge in [-0.1, -0.05) is 0 Å². The first-order chi connectivity index (χ1) is 8.25. The minimum absolute atomic E-state index is 0.128. The van der Waals surface area contributed by atoms with Crippen LogP contribution in [0.25, 0.3) is 0 Å². The summed E-state index contributed by atoms with van der Waals surface area (Å²) in [7, 11) is 0. The Labute approximate surface area is 103 Å². The van der Waals surface area contributed by atoms with Gasteiger partial charge >= 0.3 is 0 Å². The number of carbonyl (C=O) groups is 1. The summed E-state index contributed by atoms with van der Waals surface area (Å²) in [5.41, 5.74) is 0. The van der Waals surface area contributed by atoms with Crippen LogP contribution in [0.15, 0.2) is 0 Å². The number of amides is 1. The van der Waals surface area contributed by atoms with Crippen LogP contribution in [-0.4, -0.2) is 37.4 Å². The van der Waals surface area contributed by atoms with E-state index in [4.69, 9.17) is 9.47 Å². The lowest BCUT2D eigenvalue weighted by molar-refractivity contribution is -0.123. The van der Waals surface area contributed by atoms with Gasteiger partial charge in [-0.25, -0.2) is 0 Å². The summed E-state index contributed by atoms with van der Waals surface area (Å²) < 4.78 is 11.1. The highest BCUT2D eigenvalue weighted by Crippen LogP contribution is 2.18. The maximum atomic E-state index is 11.7. The van der Waals surface area contributed by atoms with Crippen molar-refractivity contribution in [3.05, 3.63) is 0 Å². The van der Waals surface area contributed by atoms with Crippen LogP contribution >= 0.6 is 0 Å². The second-order valence-electron chi connectivity index (χ2n) is 5.08.